The van der Waals surface area contributed by atoms with Gasteiger partial charge in [-0.05, 0) is 12.1 Å². The Hall–Kier alpha value is -2.06. The van der Waals surface area contributed by atoms with Gasteiger partial charge in [0.2, 0.25) is 0 Å². The van der Waals surface area contributed by atoms with E-state index in [1.54, 1.807) is 6.07 Å². The molecule has 1 heterocycles. The third-order valence-electron chi connectivity index (χ3n) is 3.24. The van der Waals surface area contributed by atoms with Crippen molar-refractivity contribution in [2.24, 2.45) is 0 Å². The molecule has 0 saturated carbocycles. The summed E-state index contributed by atoms with van der Waals surface area (Å²) in [5.41, 5.74) is 1.43. The van der Waals surface area contributed by atoms with Gasteiger partial charge in [-0.25, -0.2) is 0 Å². The predicted octanol–water partition coefficient (Wildman–Crippen LogP) is 4.90. The van der Waals surface area contributed by atoms with Gasteiger partial charge < -0.3 is 4.42 Å². The summed E-state index contributed by atoms with van der Waals surface area (Å²) in [5.74, 6) is 0.912. The molecular weight excluding hydrogens is 272 g/mol. The van der Waals surface area contributed by atoms with Gasteiger partial charge in [0.05, 0.1) is 5.02 Å². The molecule has 0 aliphatic heterocycles. The van der Waals surface area contributed by atoms with Crippen LogP contribution in [-0.2, 0) is 6.42 Å². The van der Waals surface area contributed by atoms with Crippen LogP contribution in [0.5, 0.6) is 0 Å². The molecule has 0 bridgehead atoms. The van der Waals surface area contributed by atoms with E-state index in [0.29, 0.717) is 23.4 Å². The van der Waals surface area contributed by atoms with E-state index in [1.165, 1.54) is 0 Å². The summed E-state index contributed by atoms with van der Waals surface area (Å²) in [5, 5.41) is 1.57. The first-order valence-electron chi connectivity index (χ1n) is 6.49. The summed E-state index contributed by atoms with van der Waals surface area (Å²) >= 11 is 6.07. The molecule has 0 unspecified atom stereocenters. The van der Waals surface area contributed by atoms with Gasteiger partial charge in [-0.3, -0.25) is 4.79 Å². The average Bonchev–Trinajstić information content (AvgIpc) is 2.90. The first-order chi connectivity index (χ1) is 9.74. The zero-order chi connectivity index (χ0) is 13.9. The Morgan fingerprint density at radius 3 is 2.60 bits per heavy atom. The fraction of sp³-hybridized carbons (Fsp3) is 0.118. The average molecular weight is 285 g/mol. The van der Waals surface area contributed by atoms with Crippen molar-refractivity contribution in [3.63, 3.8) is 0 Å². The maximum absolute atomic E-state index is 12.0. The number of furan rings is 1. The van der Waals surface area contributed by atoms with Crippen LogP contribution in [-0.4, -0.2) is 5.78 Å². The van der Waals surface area contributed by atoms with Gasteiger partial charge in [0.1, 0.15) is 5.76 Å². The number of Topliss-reactive ketones (excluding diaryl/α,β-unsaturated/α-hetero) is 1. The highest BCUT2D eigenvalue weighted by molar-refractivity contribution is 6.34. The van der Waals surface area contributed by atoms with Gasteiger partial charge in [-0.1, -0.05) is 54.1 Å². The van der Waals surface area contributed by atoms with E-state index in [4.69, 9.17) is 16.0 Å². The highest BCUT2D eigenvalue weighted by Crippen LogP contribution is 2.27. The number of ketones is 1. The van der Waals surface area contributed by atoms with Crippen LogP contribution in [0.4, 0.5) is 0 Å². The van der Waals surface area contributed by atoms with Crippen LogP contribution in [0, 0.1) is 0 Å². The molecule has 3 heteroatoms. The number of fused-ring (bicyclic) bond motifs is 1. The maximum atomic E-state index is 12.0. The molecular formula is C17H13ClO2. The van der Waals surface area contributed by atoms with Crippen LogP contribution < -0.4 is 0 Å². The second-order valence-corrected chi connectivity index (χ2v) is 5.07. The van der Waals surface area contributed by atoms with Crippen molar-refractivity contribution in [1.82, 2.24) is 0 Å². The molecule has 0 aliphatic carbocycles. The Morgan fingerprint density at radius 1 is 1.05 bits per heavy atom. The molecule has 100 valence electrons. The second kappa shape index (κ2) is 5.51. The number of aryl methyl sites for hydroxylation is 1. The number of carbonyl (C=O) groups excluding carboxylic acids is 1. The van der Waals surface area contributed by atoms with E-state index in [-0.39, 0.29) is 5.78 Å². The second-order valence-electron chi connectivity index (χ2n) is 4.66. The minimum Gasteiger partial charge on any atom is -0.459 e. The molecule has 1 aromatic heterocycles. The van der Waals surface area contributed by atoms with Crippen molar-refractivity contribution in [3.8, 4) is 0 Å². The normalized spacial score (nSPS) is 10.8. The molecule has 0 N–H and O–H groups in total. The molecule has 0 saturated heterocycles. The summed E-state index contributed by atoms with van der Waals surface area (Å²) < 4.78 is 5.70. The smallest absolute Gasteiger partial charge is 0.163 e. The first kappa shape index (κ1) is 12.9. The van der Waals surface area contributed by atoms with Crippen LogP contribution in [0.3, 0.4) is 0 Å². The standard InChI is InChI=1S/C17H13ClO2/c18-15-8-4-7-13-11-14(20-17(13)15)9-10-16(19)12-5-2-1-3-6-12/h1-8,11H,9-10H2. The van der Waals surface area contributed by atoms with Gasteiger partial charge in [0.15, 0.2) is 11.4 Å². The largest absolute Gasteiger partial charge is 0.459 e. The Morgan fingerprint density at radius 2 is 1.85 bits per heavy atom. The van der Waals surface area contributed by atoms with Gasteiger partial charge in [-0.15, -0.1) is 0 Å². The number of halogens is 1. The van der Waals surface area contributed by atoms with Crippen molar-refractivity contribution < 1.29 is 9.21 Å². The van der Waals surface area contributed by atoms with Crippen molar-refractivity contribution in [1.29, 1.82) is 0 Å². The minimum atomic E-state index is 0.122. The highest BCUT2D eigenvalue weighted by atomic mass is 35.5. The summed E-state index contributed by atoms with van der Waals surface area (Å²) in [6, 6.07) is 16.9. The van der Waals surface area contributed by atoms with E-state index in [9.17, 15) is 4.79 Å². The van der Waals surface area contributed by atoms with Crippen LogP contribution in [0.1, 0.15) is 22.5 Å². The quantitative estimate of drug-likeness (QED) is 0.638. The zero-order valence-electron chi connectivity index (χ0n) is 10.8. The first-order valence-corrected chi connectivity index (χ1v) is 6.87. The van der Waals surface area contributed by atoms with Gasteiger partial charge >= 0.3 is 0 Å². The van der Waals surface area contributed by atoms with Crippen molar-refractivity contribution in [2.75, 3.05) is 0 Å². The molecule has 0 aliphatic rings. The number of hydrogen-bond donors (Lipinski definition) is 0. The van der Waals surface area contributed by atoms with Gasteiger partial charge in [-0.2, -0.15) is 0 Å². The lowest BCUT2D eigenvalue weighted by molar-refractivity contribution is 0.0981. The van der Waals surface area contributed by atoms with Crippen molar-refractivity contribution in [3.05, 3.63) is 70.9 Å². The Labute approximate surface area is 122 Å². The summed E-state index contributed by atoms with van der Waals surface area (Å²) in [4.78, 5) is 12.0. The van der Waals surface area contributed by atoms with Crippen LogP contribution >= 0.6 is 11.6 Å². The lowest BCUT2D eigenvalue weighted by Crippen LogP contribution is -2.00. The molecule has 0 amide bonds. The Kier molecular flexibility index (Phi) is 3.57. The minimum absolute atomic E-state index is 0.122. The molecule has 0 radical (unpaired) electrons. The Bertz CT molecular complexity index is 744. The van der Waals surface area contributed by atoms with E-state index in [1.807, 2.05) is 48.5 Å². The fourth-order valence-corrected chi connectivity index (χ4v) is 2.43. The molecule has 0 spiro atoms. The van der Waals surface area contributed by atoms with Crippen molar-refractivity contribution in [2.45, 2.75) is 12.8 Å². The van der Waals surface area contributed by atoms with Crippen LogP contribution in [0.25, 0.3) is 11.0 Å². The van der Waals surface area contributed by atoms with Gasteiger partial charge in [0.25, 0.3) is 0 Å². The summed E-state index contributed by atoms with van der Waals surface area (Å²) in [7, 11) is 0. The predicted molar refractivity (Wildman–Crippen MR) is 80.3 cm³/mol. The lowest BCUT2D eigenvalue weighted by Gasteiger charge is -1.98. The topological polar surface area (TPSA) is 30.2 Å². The van der Waals surface area contributed by atoms with Gasteiger partial charge in [0, 0.05) is 23.8 Å². The molecule has 2 aromatic carbocycles. The summed E-state index contributed by atoms with van der Waals surface area (Å²) in [6.07, 6.45) is 1.01. The molecule has 0 fully saturated rings. The molecule has 3 aromatic rings. The third-order valence-corrected chi connectivity index (χ3v) is 3.54. The molecule has 20 heavy (non-hydrogen) atoms. The van der Waals surface area contributed by atoms with E-state index in [2.05, 4.69) is 0 Å². The molecule has 3 rings (SSSR count). The third kappa shape index (κ3) is 2.61. The molecule has 0 atom stereocenters. The molecule has 2 nitrogen and oxygen atoms in total. The monoisotopic (exact) mass is 284 g/mol. The number of benzene rings is 2. The number of rotatable bonds is 4. The SMILES string of the molecule is O=C(CCc1cc2cccc(Cl)c2o1)c1ccccc1. The Balaban J connectivity index is 1.74. The number of hydrogen-bond acceptors (Lipinski definition) is 2. The highest BCUT2D eigenvalue weighted by Gasteiger charge is 2.10. The number of carbonyl (C=O) groups is 1. The maximum Gasteiger partial charge on any atom is 0.163 e. The lowest BCUT2D eigenvalue weighted by atomic mass is 10.1. The van der Waals surface area contributed by atoms with E-state index < -0.39 is 0 Å². The fourth-order valence-electron chi connectivity index (χ4n) is 2.21. The number of para-hydroxylation sites is 1. The van der Waals surface area contributed by atoms with E-state index >= 15 is 0 Å². The zero-order valence-corrected chi connectivity index (χ0v) is 11.6. The summed E-state index contributed by atoms with van der Waals surface area (Å²) in [6.45, 7) is 0. The van der Waals surface area contributed by atoms with E-state index in [0.717, 1.165) is 16.7 Å². The van der Waals surface area contributed by atoms with Crippen LogP contribution in [0.2, 0.25) is 5.02 Å². The van der Waals surface area contributed by atoms with Crippen molar-refractivity contribution >= 4 is 28.4 Å². The van der Waals surface area contributed by atoms with Crippen LogP contribution in [0.15, 0.2) is 59.0 Å².